The molecule has 368 valence electrons. The van der Waals surface area contributed by atoms with Crippen molar-refractivity contribution in [1.82, 2.24) is 20.2 Å². The molecular weight excluding hydrogens is 1030 g/mol. The molecule has 6 N–H and O–H groups in total. The minimum atomic E-state index is -4.87. The molecule has 6 rings (SSSR count). The average Bonchev–Trinajstić information content (AvgIpc) is 3.19. The van der Waals surface area contributed by atoms with Crippen LogP contribution in [-0.4, -0.2) is 97.3 Å². The maximum Gasteiger partial charge on any atom is 0.417 e. The standard InChI is InChI=1S/C20H20Cl2F3N3O4S.C13H7Cl2F3N2O4S.C7H15NO/c1-19(2)10-28(6-5-16(19)29)18(30)17-15(7-11(21)9-26-17)27-33(31,32)12-3-4-14(22)13(8-12)20(23,24)25;14-6-3-10(11(12(21)22)19-5-6)20-25(23,24)7-1-2-9(15)8(4-7)13(16,17)18;1-7(2)5-8-4-3-6(7)9/h3-4,7-9,16,27,29H,5-6,10H2,1-2H3;1-5,20H,(H,21,22);6,8-9H,3-5H2,1-2H3. The van der Waals surface area contributed by atoms with Gasteiger partial charge in [0, 0.05) is 42.9 Å². The number of amides is 1. The Kier molecular flexibility index (Phi) is 17.5. The number of aromatic nitrogens is 2. The predicted molar refractivity (Wildman–Crippen MR) is 238 cm³/mol. The normalized spacial score (nSPS) is 18.4. The number of sulfonamides is 2. The van der Waals surface area contributed by atoms with E-state index in [2.05, 4.69) is 33.9 Å². The lowest BCUT2D eigenvalue weighted by Crippen LogP contribution is -2.50. The van der Waals surface area contributed by atoms with E-state index in [4.69, 9.17) is 51.5 Å². The van der Waals surface area contributed by atoms with Crippen molar-refractivity contribution >= 4 is 89.7 Å². The molecule has 2 fully saturated rings. The highest BCUT2D eigenvalue weighted by Gasteiger charge is 2.39. The smallest absolute Gasteiger partial charge is 0.417 e. The molecule has 0 radical (unpaired) electrons. The Balaban J connectivity index is 0.000000253. The van der Waals surface area contributed by atoms with Gasteiger partial charge in [0.2, 0.25) is 0 Å². The van der Waals surface area contributed by atoms with Gasteiger partial charge in [0.05, 0.1) is 64.6 Å². The second kappa shape index (κ2) is 21.2. The number of aliphatic hydroxyl groups excluding tert-OH is 2. The molecule has 2 saturated heterocycles. The van der Waals surface area contributed by atoms with Gasteiger partial charge in [-0.05, 0) is 67.9 Å². The Morgan fingerprint density at radius 3 is 1.54 bits per heavy atom. The number of aliphatic hydroxyl groups is 2. The zero-order chi connectivity index (χ0) is 50.7. The number of hydrogen-bond donors (Lipinski definition) is 6. The number of hydrogen-bond acceptors (Lipinski definition) is 11. The van der Waals surface area contributed by atoms with E-state index in [1.165, 1.54) is 4.90 Å². The summed E-state index contributed by atoms with van der Waals surface area (Å²) in [7, 11) is -9.12. The number of alkyl halides is 6. The van der Waals surface area contributed by atoms with E-state index in [-0.39, 0.29) is 46.0 Å². The highest BCUT2D eigenvalue weighted by molar-refractivity contribution is 7.93. The van der Waals surface area contributed by atoms with E-state index in [9.17, 15) is 63.0 Å². The lowest BCUT2D eigenvalue weighted by atomic mass is 9.81. The van der Waals surface area contributed by atoms with E-state index < -0.39 is 98.1 Å². The first kappa shape index (κ1) is 55.4. The molecule has 2 aromatic heterocycles. The molecule has 15 nitrogen and oxygen atoms in total. The van der Waals surface area contributed by atoms with E-state index in [0.29, 0.717) is 18.6 Å². The average molecular weight is 1070 g/mol. The van der Waals surface area contributed by atoms with Gasteiger partial charge in [-0.2, -0.15) is 26.3 Å². The number of piperidine rings is 2. The summed E-state index contributed by atoms with van der Waals surface area (Å²) in [5, 5.41) is 30.4. The molecule has 4 heterocycles. The van der Waals surface area contributed by atoms with E-state index in [1.807, 2.05) is 4.72 Å². The van der Waals surface area contributed by atoms with Gasteiger partial charge in [-0.1, -0.05) is 74.1 Å². The van der Waals surface area contributed by atoms with Gasteiger partial charge >= 0.3 is 18.3 Å². The summed E-state index contributed by atoms with van der Waals surface area (Å²) in [4.78, 5) is 31.6. The topological polar surface area (TPSA) is 228 Å². The number of anilines is 2. The Morgan fingerprint density at radius 2 is 1.15 bits per heavy atom. The van der Waals surface area contributed by atoms with Crippen LogP contribution >= 0.6 is 46.4 Å². The van der Waals surface area contributed by atoms with Crippen molar-refractivity contribution in [3.63, 3.8) is 0 Å². The number of carboxylic acid groups (broad SMARTS) is 1. The summed E-state index contributed by atoms with van der Waals surface area (Å²) in [5.74, 6) is -2.17. The van der Waals surface area contributed by atoms with Crippen LogP contribution in [-0.2, 0) is 32.4 Å². The number of aromatic carboxylic acids is 1. The predicted octanol–water partition coefficient (Wildman–Crippen LogP) is 8.71. The number of carbonyl (C=O) groups excluding carboxylic acids is 1. The van der Waals surface area contributed by atoms with Gasteiger partial charge in [0.15, 0.2) is 11.4 Å². The molecule has 0 bridgehead atoms. The largest absolute Gasteiger partial charge is 0.476 e. The zero-order valence-electron chi connectivity index (χ0n) is 35.4. The van der Waals surface area contributed by atoms with Crippen molar-refractivity contribution in [2.45, 2.75) is 74.9 Å². The van der Waals surface area contributed by atoms with Crippen LogP contribution in [0.3, 0.4) is 0 Å². The zero-order valence-corrected chi connectivity index (χ0v) is 40.1. The monoisotopic (exact) mass is 1070 g/mol. The van der Waals surface area contributed by atoms with E-state index in [1.54, 1.807) is 13.8 Å². The van der Waals surface area contributed by atoms with E-state index in [0.717, 1.165) is 68.3 Å². The van der Waals surface area contributed by atoms with Crippen molar-refractivity contribution in [1.29, 1.82) is 0 Å². The molecular formula is C40H42Cl4F6N6O9S2. The summed E-state index contributed by atoms with van der Waals surface area (Å²) in [6.07, 6.45) is -7.12. The summed E-state index contributed by atoms with van der Waals surface area (Å²) in [5.41, 5.74) is -4.92. The summed E-state index contributed by atoms with van der Waals surface area (Å²) in [6.45, 7) is 10.1. The molecule has 2 unspecified atom stereocenters. The fourth-order valence-corrected chi connectivity index (χ4v) is 9.32. The lowest BCUT2D eigenvalue weighted by molar-refractivity contribution is -0.138. The Bertz CT molecular complexity index is 2720. The van der Waals surface area contributed by atoms with Gasteiger partial charge in [-0.15, -0.1) is 0 Å². The molecule has 27 heteroatoms. The number of nitrogens with zero attached hydrogens (tertiary/aromatic N) is 3. The molecule has 1 amide bonds. The highest BCUT2D eigenvalue weighted by atomic mass is 35.5. The van der Waals surface area contributed by atoms with Crippen molar-refractivity contribution in [3.8, 4) is 0 Å². The van der Waals surface area contributed by atoms with Crippen LogP contribution in [0, 0.1) is 10.8 Å². The number of carboxylic acids is 1. The van der Waals surface area contributed by atoms with Gasteiger partial charge in [0.1, 0.15) is 0 Å². The Labute approximate surface area is 400 Å². The third kappa shape index (κ3) is 14.4. The van der Waals surface area contributed by atoms with Crippen molar-refractivity contribution in [2.24, 2.45) is 10.8 Å². The van der Waals surface area contributed by atoms with Gasteiger partial charge in [-0.25, -0.2) is 31.6 Å². The minimum Gasteiger partial charge on any atom is -0.476 e. The molecule has 2 atom stereocenters. The van der Waals surface area contributed by atoms with Crippen molar-refractivity contribution < 1.29 is 68.1 Å². The molecule has 0 spiro atoms. The number of halogens is 10. The number of likely N-dealkylation sites (tertiary alicyclic amines) is 1. The van der Waals surface area contributed by atoms with Crippen molar-refractivity contribution in [2.75, 3.05) is 35.6 Å². The SMILES string of the molecule is CC1(C)CN(C(=O)c2ncc(Cl)cc2NS(=O)(=O)c2ccc(Cl)c(C(F)(F)F)c2)CCC1O.CC1(C)CNCCC1O.O=C(O)c1ncc(Cl)cc1NS(=O)(=O)c1ccc(Cl)c(C(F)(F)F)c1. The summed E-state index contributed by atoms with van der Waals surface area (Å²) >= 11 is 22.6. The Hall–Kier alpha value is -4.20. The first-order valence-electron chi connectivity index (χ1n) is 19.4. The van der Waals surface area contributed by atoms with Gasteiger partial charge in [0.25, 0.3) is 26.0 Å². The third-order valence-corrected chi connectivity index (χ3v) is 14.0. The van der Waals surface area contributed by atoms with Crippen LogP contribution in [0.25, 0.3) is 0 Å². The Morgan fingerprint density at radius 1 is 0.716 bits per heavy atom. The van der Waals surface area contributed by atoms with Crippen LogP contribution < -0.4 is 14.8 Å². The van der Waals surface area contributed by atoms with Crippen LogP contribution in [0.4, 0.5) is 37.7 Å². The summed E-state index contributed by atoms with van der Waals surface area (Å²) in [6, 6.07) is 6.20. The number of carbonyl (C=O) groups is 2. The summed E-state index contributed by atoms with van der Waals surface area (Å²) < 4.78 is 132. The fraction of sp³-hybridized carbons (Fsp3) is 0.400. The number of benzene rings is 2. The molecule has 0 saturated carbocycles. The molecule has 2 aliphatic rings. The fourth-order valence-electron chi connectivity index (χ4n) is 6.39. The van der Waals surface area contributed by atoms with E-state index >= 15 is 0 Å². The minimum absolute atomic E-state index is 0.00531. The van der Waals surface area contributed by atoms with Crippen LogP contribution in [0.1, 0.15) is 72.6 Å². The number of rotatable bonds is 8. The highest BCUT2D eigenvalue weighted by Crippen LogP contribution is 2.38. The second-order valence-corrected chi connectivity index (χ2v) is 21.4. The maximum absolute atomic E-state index is 13.2. The first-order chi connectivity index (χ1) is 30.7. The number of nitrogens with one attached hydrogen (secondary N) is 3. The molecule has 4 aromatic rings. The third-order valence-electron chi connectivity index (χ3n) is 10.2. The van der Waals surface area contributed by atoms with Crippen LogP contribution in [0.2, 0.25) is 20.1 Å². The lowest BCUT2D eigenvalue weighted by Gasteiger charge is -2.41. The quantitative estimate of drug-likeness (QED) is 0.0911. The number of pyridine rings is 2. The first-order valence-corrected chi connectivity index (χ1v) is 23.8. The molecule has 2 aliphatic heterocycles. The maximum atomic E-state index is 13.2. The van der Waals surface area contributed by atoms with Crippen molar-refractivity contribution in [3.05, 3.63) is 104 Å². The van der Waals surface area contributed by atoms with Crippen LogP contribution in [0.15, 0.2) is 70.7 Å². The molecule has 0 aliphatic carbocycles. The van der Waals surface area contributed by atoms with Gasteiger partial charge in [-0.3, -0.25) is 14.2 Å². The molecule has 67 heavy (non-hydrogen) atoms. The van der Waals surface area contributed by atoms with Crippen LogP contribution in [0.5, 0.6) is 0 Å². The second-order valence-electron chi connectivity index (χ2n) is 16.4. The van der Waals surface area contributed by atoms with Gasteiger partial charge < -0.3 is 25.5 Å². The molecule has 2 aromatic carbocycles.